The molecule has 0 bridgehead atoms. The third-order valence-electron chi connectivity index (χ3n) is 2.60. The molecule has 1 aromatic rings. The lowest BCUT2D eigenvalue weighted by atomic mass is 10.2. The maximum absolute atomic E-state index is 9.56. The number of benzene rings is 1. The Balaban J connectivity index is 0.000000260. The van der Waals surface area contributed by atoms with Crippen LogP contribution in [-0.4, -0.2) is 43.1 Å². The predicted molar refractivity (Wildman–Crippen MR) is 91.3 cm³/mol. The molecule has 0 radical (unpaired) electrons. The second kappa shape index (κ2) is 15.7. The molecule has 4 heteroatoms. The van der Waals surface area contributed by atoms with Gasteiger partial charge in [-0.05, 0) is 32.6 Å². The van der Waals surface area contributed by atoms with Crippen LogP contribution in [0.5, 0.6) is 0 Å². The van der Waals surface area contributed by atoms with Gasteiger partial charge in [0.1, 0.15) is 0 Å². The van der Waals surface area contributed by atoms with Crippen LogP contribution in [0.4, 0.5) is 0 Å². The maximum atomic E-state index is 9.56. The van der Waals surface area contributed by atoms with Gasteiger partial charge in [-0.1, -0.05) is 35.9 Å². The van der Waals surface area contributed by atoms with Crippen LogP contribution in [0.25, 0.3) is 0 Å². The lowest BCUT2D eigenvalue weighted by molar-refractivity contribution is 0.198. The van der Waals surface area contributed by atoms with Crippen LogP contribution in [0.2, 0.25) is 0 Å². The van der Waals surface area contributed by atoms with Crippen molar-refractivity contribution < 1.29 is 13.7 Å². The smallest absolute Gasteiger partial charge is 0.0466 e. The molecule has 0 atom stereocenters. The molecule has 1 aromatic carbocycles. The van der Waals surface area contributed by atoms with Crippen LogP contribution in [0.3, 0.4) is 0 Å². The molecule has 122 valence electrons. The predicted octanol–water partition coefficient (Wildman–Crippen LogP) is 3.58. The van der Waals surface area contributed by atoms with Crippen LogP contribution < -0.4 is 0 Å². The van der Waals surface area contributed by atoms with Crippen molar-refractivity contribution in [3.63, 3.8) is 0 Å². The highest BCUT2D eigenvalue weighted by atomic mass is 32.2. The van der Waals surface area contributed by atoms with Crippen molar-refractivity contribution in [1.29, 1.82) is 0 Å². The molecule has 2 fully saturated rings. The largest absolute Gasteiger partial charge is 0.381 e. The quantitative estimate of drug-likeness (QED) is 0.734. The third kappa shape index (κ3) is 19.3. The first kappa shape index (κ1) is 20.3. The summed E-state index contributed by atoms with van der Waals surface area (Å²) in [6, 6.07) is 10.3. The SMILES string of the molecule is C1CCOC1.C1CCOC1.CS(C)=O.Cc1ccccc1. The summed E-state index contributed by atoms with van der Waals surface area (Å²) < 4.78 is 19.4. The molecule has 0 unspecified atom stereocenters. The van der Waals surface area contributed by atoms with E-state index in [0.29, 0.717) is 0 Å². The van der Waals surface area contributed by atoms with Gasteiger partial charge in [-0.2, -0.15) is 0 Å². The Morgan fingerprint density at radius 3 is 1.29 bits per heavy atom. The zero-order valence-corrected chi connectivity index (χ0v) is 14.5. The molecule has 0 saturated carbocycles. The van der Waals surface area contributed by atoms with Crippen molar-refractivity contribution in [3.8, 4) is 0 Å². The highest BCUT2D eigenvalue weighted by molar-refractivity contribution is 7.83. The van der Waals surface area contributed by atoms with Crippen molar-refractivity contribution >= 4 is 10.8 Å². The molecule has 3 rings (SSSR count). The number of rotatable bonds is 0. The molecule has 2 heterocycles. The minimum atomic E-state index is -0.611. The van der Waals surface area contributed by atoms with E-state index in [2.05, 4.69) is 19.1 Å². The number of hydrogen-bond donors (Lipinski definition) is 0. The van der Waals surface area contributed by atoms with Crippen molar-refractivity contribution in [1.82, 2.24) is 0 Å². The van der Waals surface area contributed by atoms with Gasteiger partial charge in [-0.3, -0.25) is 4.21 Å². The minimum absolute atomic E-state index is 0.611. The molecular weight excluding hydrogens is 284 g/mol. The van der Waals surface area contributed by atoms with Crippen LogP contribution >= 0.6 is 0 Å². The van der Waals surface area contributed by atoms with Gasteiger partial charge >= 0.3 is 0 Å². The van der Waals surface area contributed by atoms with Gasteiger partial charge in [0.15, 0.2) is 0 Å². The summed E-state index contributed by atoms with van der Waals surface area (Å²) in [5.74, 6) is 0. The van der Waals surface area contributed by atoms with Gasteiger partial charge < -0.3 is 9.47 Å². The highest BCUT2D eigenvalue weighted by Crippen LogP contribution is 1.98. The molecule has 21 heavy (non-hydrogen) atoms. The molecule has 0 aromatic heterocycles. The van der Waals surface area contributed by atoms with E-state index in [4.69, 9.17) is 9.47 Å². The van der Waals surface area contributed by atoms with Crippen LogP contribution in [0.15, 0.2) is 30.3 Å². The normalized spacial score (nSPS) is 16.0. The van der Waals surface area contributed by atoms with E-state index in [1.54, 1.807) is 12.5 Å². The maximum Gasteiger partial charge on any atom is 0.0466 e. The lowest BCUT2D eigenvalue weighted by Crippen LogP contribution is -1.74. The Kier molecular flexibility index (Phi) is 15.1. The van der Waals surface area contributed by atoms with E-state index >= 15 is 0 Å². The first-order valence-electron chi connectivity index (χ1n) is 7.55. The molecule has 0 aliphatic carbocycles. The third-order valence-corrected chi connectivity index (χ3v) is 2.60. The molecule has 3 nitrogen and oxygen atoms in total. The summed E-state index contributed by atoms with van der Waals surface area (Å²) in [4.78, 5) is 0. The summed E-state index contributed by atoms with van der Waals surface area (Å²) in [7, 11) is -0.611. The fourth-order valence-electron chi connectivity index (χ4n) is 1.55. The second-order valence-corrected chi connectivity index (χ2v) is 6.52. The van der Waals surface area contributed by atoms with Crippen molar-refractivity contribution in [3.05, 3.63) is 35.9 Å². The zero-order valence-electron chi connectivity index (χ0n) is 13.7. The number of hydrogen-bond acceptors (Lipinski definition) is 3. The van der Waals surface area contributed by atoms with Gasteiger partial charge in [0.2, 0.25) is 0 Å². The Morgan fingerprint density at radius 1 is 0.810 bits per heavy atom. The Morgan fingerprint density at radius 2 is 1.14 bits per heavy atom. The average molecular weight is 314 g/mol. The van der Waals surface area contributed by atoms with Gasteiger partial charge in [-0.15, -0.1) is 0 Å². The zero-order chi connectivity index (χ0) is 15.8. The molecular formula is C17H30O3S. The van der Waals surface area contributed by atoms with E-state index in [0.717, 1.165) is 26.4 Å². The first-order valence-corrected chi connectivity index (χ1v) is 9.51. The first-order chi connectivity index (χ1) is 10.1. The van der Waals surface area contributed by atoms with Crippen molar-refractivity contribution in [2.75, 3.05) is 38.9 Å². The van der Waals surface area contributed by atoms with Crippen LogP contribution in [0.1, 0.15) is 31.2 Å². The fraction of sp³-hybridized carbons (Fsp3) is 0.647. The molecule has 2 aliphatic rings. The standard InChI is InChI=1S/C7H8.2C4H8O.C2H6OS/c1-7-5-3-2-4-6-7;2*1-2-4-5-3-1;1-4(2)3/h2-6H,1H3;2*1-4H2;1-2H3. The van der Waals surface area contributed by atoms with E-state index in [1.807, 2.05) is 18.2 Å². The minimum Gasteiger partial charge on any atom is -0.381 e. The summed E-state index contributed by atoms with van der Waals surface area (Å²) in [5, 5.41) is 0. The average Bonchev–Trinajstić information content (AvgIpc) is 3.18. The summed E-state index contributed by atoms with van der Waals surface area (Å²) in [6.45, 7) is 6.08. The van der Waals surface area contributed by atoms with Crippen molar-refractivity contribution in [2.45, 2.75) is 32.6 Å². The summed E-state index contributed by atoms with van der Waals surface area (Å²) in [6.07, 6.45) is 8.39. The Labute approximate surface area is 132 Å². The Hall–Kier alpha value is -0.710. The fourth-order valence-corrected chi connectivity index (χ4v) is 1.55. The van der Waals surface area contributed by atoms with Gasteiger partial charge in [-0.25, -0.2) is 0 Å². The number of ether oxygens (including phenoxy) is 2. The molecule has 2 aliphatic heterocycles. The van der Waals surface area contributed by atoms with E-state index < -0.39 is 10.8 Å². The monoisotopic (exact) mass is 314 g/mol. The van der Waals surface area contributed by atoms with Gasteiger partial charge in [0.25, 0.3) is 0 Å². The second-order valence-electron chi connectivity index (χ2n) is 5.04. The highest BCUT2D eigenvalue weighted by Gasteiger charge is 1.95. The molecule has 2 saturated heterocycles. The van der Waals surface area contributed by atoms with Crippen LogP contribution in [0, 0.1) is 6.92 Å². The summed E-state index contributed by atoms with van der Waals surface area (Å²) >= 11 is 0. The lowest BCUT2D eigenvalue weighted by Gasteiger charge is -1.82. The van der Waals surface area contributed by atoms with E-state index in [-0.39, 0.29) is 0 Å². The summed E-state index contributed by atoms with van der Waals surface area (Å²) in [5.41, 5.74) is 1.32. The topological polar surface area (TPSA) is 35.5 Å². The van der Waals surface area contributed by atoms with Gasteiger partial charge in [0, 0.05) is 49.7 Å². The Bertz CT molecular complexity index is 304. The van der Waals surface area contributed by atoms with E-state index in [9.17, 15) is 4.21 Å². The number of aryl methyl sites for hydroxylation is 1. The molecule has 0 spiro atoms. The molecule has 0 N–H and O–H groups in total. The van der Waals surface area contributed by atoms with Crippen LogP contribution in [-0.2, 0) is 20.3 Å². The van der Waals surface area contributed by atoms with Crippen molar-refractivity contribution in [2.24, 2.45) is 0 Å². The van der Waals surface area contributed by atoms with Gasteiger partial charge in [0.05, 0.1) is 0 Å². The molecule has 0 amide bonds. The van der Waals surface area contributed by atoms with E-state index in [1.165, 1.54) is 31.2 Å².